The van der Waals surface area contributed by atoms with Crippen LogP contribution in [0.15, 0.2) is 97.1 Å². The van der Waals surface area contributed by atoms with E-state index in [2.05, 4.69) is 150 Å². The van der Waals surface area contributed by atoms with E-state index >= 15 is 0 Å². The van der Waals surface area contributed by atoms with Gasteiger partial charge in [0.25, 0.3) is 0 Å². The molecule has 0 unspecified atom stereocenters. The van der Waals surface area contributed by atoms with E-state index in [1.54, 1.807) is 0 Å². The third-order valence-corrected chi connectivity index (χ3v) is 6.49. The highest BCUT2D eigenvalue weighted by Gasteiger charge is 2.17. The average molecular weight is 448 g/mol. The summed E-state index contributed by atoms with van der Waals surface area (Å²) in [5.74, 6) is 0. The van der Waals surface area contributed by atoms with Gasteiger partial charge in [-0.05, 0) is 76.4 Å². The van der Waals surface area contributed by atoms with E-state index in [4.69, 9.17) is 0 Å². The first kappa shape index (κ1) is 23.8. The van der Waals surface area contributed by atoms with Crippen molar-refractivity contribution in [2.24, 2.45) is 0 Å². The van der Waals surface area contributed by atoms with E-state index in [-0.39, 0.29) is 10.8 Å². The maximum atomic E-state index is 2.33. The fourth-order valence-corrected chi connectivity index (χ4v) is 4.22. The zero-order valence-electron chi connectivity index (χ0n) is 21.7. The molecule has 0 aliphatic carbocycles. The summed E-state index contributed by atoms with van der Waals surface area (Å²) in [5.41, 5.74) is 10.2. The quantitative estimate of drug-likeness (QED) is 0.301. The van der Waals surface area contributed by atoms with Crippen LogP contribution >= 0.6 is 0 Å². The van der Waals surface area contributed by atoms with Gasteiger partial charge in [0, 0.05) is 17.1 Å². The fourth-order valence-electron chi connectivity index (χ4n) is 4.22. The van der Waals surface area contributed by atoms with Crippen LogP contribution in [-0.4, -0.2) is 0 Å². The van der Waals surface area contributed by atoms with E-state index in [0.717, 1.165) is 11.4 Å². The second kappa shape index (κ2) is 9.14. The van der Waals surface area contributed by atoms with Gasteiger partial charge in [-0.3, -0.25) is 0 Å². The van der Waals surface area contributed by atoms with E-state index in [1.165, 1.54) is 33.5 Å². The highest BCUT2D eigenvalue weighted by molar-refractivity contribution is 5.78. The number of nitrogens with zero attached hydrogens (tertiary/aromatic N) is 1. The predicted molar refractivity (Wildman–Crippen MR) is 149 cm³/mol. The van der Waals surface area contributed by atoms with Crippen molar-refractivity contribution in [3.05, 3.63) is 114 Å². The molecule has 0 saturated heterocycles. The van der Waals surface area contributed by atoms with Gasteiger partial charge in [0.2, 0.25) is 0 Å². The first-order valence-electron chi connectivity index (χ1n) is 12.2. The fraction of sp³-hybridized carbons (Fsp3) is 0.273. The van der Waals surface area contributed by atoms with Gasteiger partial charge in [-0.25, -0.2) is 0 Å². The molecule has 4 aromatic rings. The van der Waals surface area contributed by atoms with Gasteiger partial charge >= 0.3 is 0 Å². The average Bonchev–Trinajstić information content (AvgIpc) is 2.80. The molecule has 0 aliphatic rings. The first-order valence-corrected chi connectivity index (χ1v) is 12.2. The molecule has 0 atom stereocenters. The highest BCUT2D eigenvalue weighted by atomic mass is 15.1. The van der Waals surface area contributed by atoms with Crippen LogP contribution in [0.1, 0.15) is 58.2 Å². The molecule has 0 aliphatic heterocycles. The minimum atomic E-state index is 0.136. The number of benzene rings is 4. The van der Waals surface area contributed by atoms with Gasteiger partial charge in [-0.15, -0.1) is 0 Å². The molecular formula is C33H37N. The monoisotopic (exact) mass is 447 g/mol. The summed E-state index contributed by atoms with van der Waals surface area (Å²) in [7, 11) is 0. The van der Waals surface area contributed by atoms with Crippen molar-refractivity contribution in [1.82, 2.24) is 0 Å². The molecule has 0 bridgehead atoms. The zero-order chi connectivity index (χ0) is 24.5. The Labute approximate surface area is 206 Å². The Morgan fingerprint density at radius 1 is 0.412 bits per heavy atom. The Morgan fingerprint density at radius 2 is 0.706 bits per heavy atom. The van der Waals surface area contributed by atoms with Gasteiger partial charge in [-0.2, -0.15) is 0 Å². The standard InChI is InChI=1S/C33H37N/c1-24-8-18-29(19-9-24)34(31-22-16-28(17-23-31)33(5,6)7)30-20-12-26(13-21-30)25-10-14-27(15-11-25)32(2,3)4/h8-23H,1-7H3. The predicted octanol–water partition coefficient (Wildman–Crippen LogP) is 9.73. The van der Waals surface area contributed by atoms with Crippen molar-refractivity contribution in [3.63, 3.8) is 0 Å². The molecule has 1 nitrogen and oxygen atoms in total. The third-order valence-electron chi connectivity index (χ3n) is 6.49. The zero-order valence-corrected chi connectivity index (χ0v) is 21.7. The van der Waals surface area contributed by atoms with Crippen LogP contribution in [0.3, 0.4) is 0 Å². The van der Waals surface area contributed by atoms with E-state index in [9.17, 15) is 0 Å². The second-order valence-electron chi connectivity index (χ2n) is 11.3. The Hall–Kier alpha value is -3.32. The van der Waals surface area contributed by atoms with Crippen molar-refractivity contribution in [1.29, 1.82) is 0 Å². The summed E-state index contributed by atoms with van der Waals surface area (Å²) >= 11 is 0. The molecule has 0 fully saturated rings. The first-order chi connectivity index (χ1) is 16.0. The molecule has 4 aromatic carbocycles. The van der Waals surface area contributed by atoms with E-state index in [1.807, 2.05) is 0 Å². The summed E-state index contributed by atoms with van der Waals surface area (Å²) < 4.78 is 0. The van der Waals surface area contributed by atoms with Crippen molar-refractivity contribution in [2.45, 2.75) is 59.3 Å². The topological polar surface area (TPSA) is 3.24 Å². The van der Waals surface area contributed by atoms with E-state index in [0.29, 0.717) is 0 Å². The Balaban J connectivity index is 1.70. The lowest BCUT2D eigenvalue weighted by Gasteiger charge is -2.27. The molecule has 0 spiro atoms. The Kier molecular flexibility index (Phi) is 6.41. The van der Waals surface area contributed by atoms with Gasteiger partial charge in [0.15, 0.2) is 0 Å². The van der Waals surface area contributed by atoms with Gasteiger partial charge in [-0.1, -0.05) is 108 Å². The molecular weight excluding hydrogens is 410 g/mol. The smallest absolute Gasteiger partial charge is 0.0462 e. The van der Waals surface area contributed by atoms with E-state index < -0.39 is 0 Å². The number of aryl methyl sites for hydroxylation is 1. The lowest BCUT2D eigenvalue weighted by atomic mass is 9.86. The van der Waals surface area contributed by atoms with Crippen LogP contribution in [0.2, 0.25) is 0 Å². The molecule has 4 rings (SSSR count). The largest absolute Gasteiger partial charge is 0.311 e. The summed E-state index contributed by atoms with van der Waals surface area (Å²) in [6.07, 6.45) is 0. The van der Waals surface area contributed by atoms with Crippen LogP contribution < -0.4 is 4.90 Å². The summed E-state index contributed by atoms with van der Waals surface area (Å²) in [4.78, 5) is 2.33. The van der Waals surface area contributed by atoms with Gasteiger partial charge in [0.1, 0.15) is 0 Å². The molecule has 0 amide bonds. The minimum absolute atomic E-state index is 0.136. The minimum Gasteiger partial charge on any atom is -0.311 e. The number of hydrogen-bond donors (Lipinski definition) is 0. The van der Waals surface area contributed by atoms with Gasteiger partial charge < -0.3 is 4.90 Å². The SMILES string of the molecule is Cc1ccc(N(c2ccc(-c3ccc(C(C)(C)C)cc3)cc2)c2ccc(C(C)(C)C)cc2)cc1. The number of anilines is 3. The molecule has 0 heterocycles. The lowest BCUT2D eigenvalue weighted by Crippen LogP contribution is -2.13. The Bertz CT molecular complexity index is 1220. The third kappa shape index (κ3) is 5.25. The van der Waals surface area contributed by atoms with Crippen molar-refractivity contribution < 1.29 is 0 Å². The summed E-state index contributed by atoms with van der Waals surface area (Å²) in [5, 5.41) is 0. The van der Waals surface area contributed by atoms with Crippen molar-refractivity contribution in [3.8, 4) is 11.1 Å². The highest BCUT2D eigenvalue weighted by Crippen LogP contribution is 2.37. The molecule has 174 valence electrons. The number of rotatable bonds is 4. The summed E-state index contributed by atoms with van der Waals surface area (Å²) in [6.45, 7) is 15.7. The van der Waals surface area contributed by atoms with Gasteiger partial charge in [0.05, 0.1) is 0 Å². The number of hydrogen-bond acceptors (Lipinski definition) is 1. The van der Waals surface area contributed by atoms with Crippen LogP contribution in [-0.2, 0) is 10.8 Å². The van der Waals surface area contributed by atoms with Crippen LogP contribution in [0.25, 0.3) is 11.1 Å². The second-order valence-corrected chi connectivity index (χ2v) is 11.3. The van der Waals surface area contributed by atoms with Crippen molar-refractivity contribution in [2.75, 3.05) is 4.90 Å². The summed E-state index contributed by atoms with van der Waals surface area (Å²) in [6, 6.07) is 35.6. The Morgan fingerprint density at radius 3 is 1.09 bits per heavy atom. The molecule has 0 saturated carbocycles. The maximum absolute atomic E-state index is 2.33. The van der Waals surface area contributed by atoms with Crippen LogP contribution in [0.5, 0.6) is 0 Å². The van der Waals surface area contributed by atoms with Crippen LogP contribution in [0.4, 0.5) is 17.1 Å². The maximum Gasteiger partial charge on any atom is 0.0462 e. The lowest BCUT2D eigenvalue weighted by molar-refractivity contribution is 0.590. The molecule has 34 heavy (non-hydrogen) atoms. The molecule has 0 radical (unpaired) electrons. The molecule has 1 heteroatoms. The molecule has 0 N–H and O–H groups in total. The molecule has 0 aromatic heterocycles. The van der Waals surface area contributed by atoms with Crippen molar-refractivity contribution >= 4 is 17.1 Å². The normalized spacial score (nSPS) is 12.0. The van der Waals surface area contributed by atoms with Crippen LogP contribution in [0, 0.1) is 6.92 Å².